The molecule has 3 nitrogen and oxygen atoms in total. The van der Waals surface area contributed by atoms with Gasteiger partial charge >= 0.3 is 0 Å². The molecule has 1 N–H and O–H groups in total. The van der Waals surface area contributed by atoms with Crippen molar-refractivity contribution < 1.29 is 5.21 Å². The monoisotopic (exact) mass is 256 g/mol. The van der Waals surface area contributed by atoms with Gasteiger partial charge in [0, 0.05) is 5.57 Å². The Morgan fingerprint density at radius 1 is 1.22 bits per heavy atom. The van der Waals surface area contributed by atoms with Crippen molar-refractivity contribution in [1.82, 2.24) is 0 Å². The van der Waals surface area contributed by atoms with Crippen molar-refractivity contribution in [1.29, 1.82) is 5.26 Å². The van der Waals surface area contributed by atoms with Gasteiger partial charge in [-0.3, -0.25) is 0 Å². The quantitative estimate of drug-likeness (QED) is 0.475. The van der Waals surface area contributed by atoms with E-state index in [0.29, 0.717) is 21.9 Å². The number of halogens is 1. The van der Waals surface area contributed by atoms with E-state index < -0.39 is 0 Å². The summed E-state index contributed by atoms with van der Waals surface area (Å²) in [4.78, 5) is 0. The lowest BCUT2D eigenvalue weighted by Crippen LogP contribution is -1.99. The smallest absolute Gasteiger partial charge is 0.104 e. The van der Waals surface area contributed by atoms with Crippen molar-refractivity contribution in [2.75, 3.05) is 0 Å². The molecule has 1 aliphatic carbocycles. The van der Waals surface area contributed by atoms with Crippen LogP contribution < -0.4 is 0 Å². The Morgan fingerprint density at radius 3 is 2.50 bits per heavy atom. The van der Waals surface area contributed by atoms with Crippen LogP contribution in [0.25, 0.3) is 5.57 Å². The minimum Gasteiger partial charge on any atom is -0.410 e. The summed E-state index contributed by atoms with van der Waals surface area (Å²) in [5, 5.41) is 21.4. The SMILES string of the molecule is N#C/C(=C1C=C/C(=N/O)C=C/1Cl)c1ccccc1. The van der Waals surface area contributed by atoms with Crippen LogP contribution in [0.4, 0.5) is 0 Å². The Hall–Kier alpha value is -2.31. The molecule has 4 heteroatoms. The molecule has 0 saturated heterocycles. The normalized spacial score (nSPS) is 19.3. The lowest BCUT2D eigenvalue weighted by molar-refractivity contribution is 0.320. The summed E-state index contributed by atoms with van der Waals surface area (Å²) in [6.07, 6.45) is 4.78. The Labute approximate surface area is 110 Å². The molecular formula is C14H9ClN2O. The van der Waals surface area contributed by atoms with Gasteiger partial charge in [-0.05, 0) is 23.8 Å². The van der Waals surface area contributed by atoms with Crippen molar-refractivity contribution in [3.8, 4) is 6.07 Å². The second-order valence-corrected chi connectivity index (χ2v) is 4.02. The average molecular weight is 257 g/mol. The third-order valence-corrected chi connectivity index (χ3v) is 2.82. The summed E-state index contributed by atoms with van der Waals surface area (Å²) in [5.41, 5.74) is 2.27. The second-order valence-electron chi connectivity index (χ2n) is 3.62. The third-order valence-electron chi connectivity index (χ3n) is 2.51. The molecule has 0 bridgehead atoms. The zero-order valence-electron chi connectivity index (χ0n) is 9.34. The van der Waals surface area contributed by atoms with Gasteiger partial charge in [-0.1, -0.05) is 47.1 Å². The summed E-state index contributed by atoms with van der Waals surface area (Å²) >= 11 is 6.09. The van der Waals surface area contributed by atoms with Gasteiger partial charge in [0.2, 0.25) is 0 Å². The highest BCUT2D eigenvalue weighted by molar-refractivity contribution is 6.36. The lowest BCUT2D eigenvalue weighted by Gasteiger charge is -2.09. The highest BCUT2D eigenvalue weighted by atomic mass is 35.5. The van der Waals surface area contributed by atoms with Crippen LogP contribution in [0.5, 0.6) is 0 Å². The first-order chi connectivity index (χ1) is 8.76. The summed E-state index contributed by atoms with van der Waals surface area (Å²) in [5.74, 6) is 0. The van der Waals surface area contributed by atoms with Gasteiger partial charge < -0.3 is 5.21 Å². The number of hydrogen-bond acceptors (Lipinski definition) is 3. The number of rotatable bonds is 1. The summed E-state index contributed by atoms with van der Waals surface area (Å²) in [6.45, 7) is 0. The van der Waals surface area contributed by atoms with Gasteiger partial charge in [0.15, 0.2) is 0 Å². The number of allylic oxidation sites excluding steroid dienone is 6. The zero-order chi connectivity index (χ0) is 13.0. The number of benzene rings is 1. The fourth-order valence-corrected chi connectivity index (χ4v) is 1.92. The van der Waals surface area contributed by atoms with E-state index in [1.54, 1.807) is 12.2 Å². The van der Waals surface area contributed by atoms with Gasteiger partial charge in [-0.25, -0.2) is 0 Å². The molecule has 0 fully saturated rings. The second kappa shape index (κ2) is 5.35. The van der Waals surface area contributed by atoms with Gasteiger partial charge in [0.05, 0.1) is 10.6 Å². The van der Waals surface area contributed by atoms with Gasteiger partial charge in [0.25, 0.3) is 0 Å². The van der Waals surface area contributed by atoms with Gasteiger partial charge in [-0.2, -0.15) is 5.26 Å². The molecule has 1 aromatic rings. The third kappa shape index (κ3) is 2.34. The Balaban J connectivity index is 2.55. The topological polar surface area (TPSA) is 56.4 Å². The molecule has 1 aromatic carbocycles. The highest BCUT2D eigenvalue weighted by Gasteiger charge is 2.13. The van der Waals surface area contributed by atoms with Crippen LogP contribution in [0.1, 0.15) is 5.56 Å². The highest BCUT2D eigenvalue weighted by Crippen LogP contribution is 2.29. The molecule has 0 spiro atoms. The van der Waals surface area contributed by atoms with Crippen molar-refractivity contribution in [2.45, 2.75) is 0 Å². The molecular weight excluding hydrogens is 248 g/mol. The molecule has 0 aromatic heterocycles. The van der Waals surface area contributed by atoms with E-state index in [0.717, 1.165) is 5.56 Å². The number of oxime groups is 1. The number of nitrogens with zero attached hydrogens (tertiary/aromatic N) is 2. The molecule has 2 rings (SSSR count). The molecule has 88 valence electrons. The first kappa shape index (κ1) is 12.2. The van der Waals surface area contributed by atoms with Crippen LogP contribution in [-0.4, -0.2) is 10.9 Å². The van der Waals surface area contributed by atoms with Crippen molar-refractivity contribution >= 4 is 22.9 Å². The molecule has 0 aliphatic heterocycles. The van der Waals surface area contributed by atoms with E-state index in [9.17, 15) is 5.26 Å². The van der Waals surface area contributed by atoms with E-state index in [-0.39, 0.29) is 0 Å². The maximum Gasteiger partial charge on any atom is 0.104 e. The largest absolute Gasteiger partial charge is 0.410 e. The first-order valence-electron chi connectivity index (χ1n) is 5.23. The van der Waals surface area contributed by atoms with Crippen LogP contribution >= 0.6 is 11.6 Å². The standard InChI is InChI=1S/C14H9ClN2O/c15-14-8-11(17-18)6-7-12(14)13(9-16)10-4-2-1-3-5-10/h1-8,18H/b13-12+,17-11-. The lowest BCUT2D eigenvalue weighted by atomic mass is 9.97. The minimum atomic E-state index is 0.356. The Morgan fingerprint density at radius 2 is 1.94 bits per heavy atom. The van der Waals surface area contributed by atoms with E-state index in [1.807, 2.05) is 30.3 Å². The van der Waals surface area contributed by atoms with Gasteiger partial charge in [-0.15, -0.1) is 0 Å². The molecule has 0 saturated carbocycles. The summed E-state index contributed by atoms with van der Waals surface area (Å²) in [7, 11) is 0. The van der Waals surface area contributed by atoms with E-state index >= 15 is 0 Å². The minimum absolute atomic E-state index is 0.356. The molecule has 1 aliphatic rings. The molecule has 18 heavy (non-hydrogen) atoms. The number of nitriles is 1. The maximum absolute atomic E-state index is 9.27. The zero-order valence-corrected chi connectivity index (χ0v) is 10.1. The van der Waals surface area contributed by atoms with Crippen LogP contribution in [-0.2, 0) is 0 Å². The van der Waals surface area contributed by atoms with Crippen molar-refractivity contribution in [3.05, 3.63) is 64.7 Å². The average Bonchev–Trinajstić information content (AvgIpc) is 2.42. The summed E-state index contributed by atoms with van der Waals surface area (Å²) < 4.78 is 0. The van der Waals surface area contributed by atoms with Crippen LogP contribution in [0.2, 0.25) is 0 Å². The van der Waals surface area contributed by atoms with E-state index in [1.165, 1.54) is 6.08 Å². The molecule has 0 heterocycles. The van der Waals surface area contributed by atoms with Crippen molar-refractivity contribution in [2.24, 2.45) is 5.16 Å². The van der Waals surface area contributed by atoms with E-state index in [4.69, 9.17) is 16.8 Å². The van der Waals surface area contributed by atoms with E-state index in [2.05, 4.69) is 11.2 Å². The Kier molecular flexibility index (Phi) is 3.61. The predicted octanol–water partition coefficient (Wildman–Crippen LogP) is 3.49. The fourth-order valence-electron chi connectivity index (χ4n) is 1.65. The summed E-state index contributed by atoms with van der Waals surface area (Å²) in [6, 6.07) is 11.4. The molecule has 0 unspecified atom stereocenters. The van der Waals surface area contributed by atoms with Crippen LogP contribution in [0.15, 0.2) is 64.3 Å². The van der Waals surface area contributed by atoms with Gasteiger partial charge in [0.1, 0.15) is 11.8 Å². The molecule has 0 amide bonds. The fraction of sp³-hybridized carbons (Fsp3) is 0. The van der Waals surface area contributed by atoms with Crippen molar-refractivity contribution in [3.63, 3.8) is 0 Å². The molecule has 0 atom stereocenters. The maximum atomic E-state index is 9.27. The van der Waals surface area contributed by atoms with Crippen LogP contribution in [0, 0.1) is 11.3 Å². The van der Waals surface area contributed by atoms with Crippen LogP contribution in [0.3, 0.4) is 0 Å². The molecule has 0 radical (unpaired) electrons. The first-order valence-corrected chi connectivity index (χ1v) is 5.61. The number of hydrogen-bond donors (Lipinski definition) is 1. The Bertz CT molecular complexity index is 619. The predicted molar refractivity (Wildman–Crippen MR) is 71.3 cm³/mol.